The number of halogens is 2. The number of hydrogen-bond donors (Lipinski definition) is 0. The first-order valence-electron chi connectivity index (χ1n) is 4.79. The largest absolute Gasteiger partial charge is 0.256 e. The molecule has 0 saturated carbocycles. The fraction of sp³-hybridized carbons (Fsp3) is 0. The van der Waals surface area contributed by atoms with Crippen molar-refractivity contribution in [2.45, 2.75) is 0 Å². The highest BCUT2D eigenvalue weighted by Gasteiger charge is 1.90. The lowest BCUT2D eigenvalue weighted by molar-refractivity contribution is 1.52. The summed E-state index contributed by atoms with van der Waals surface area (Å²) in [5.74, 6) is 0. The molecule has 0 heterocycles. The van der Waals surface area contributed by atoms with Crippen LogP contribution >= 0.6 is 23.2 Å². The molecule has 0 unspecified atom stereocenters. The van der Waals surface area contributed by atoms with Crippen molar-refractivity contribution >= 4 is 35.1 Å². The Balaban J connectivity index is 2.15. The molecule has 80 valence electrons. The predicted molar refractivity (Wildman–Crippen MR) is 70.2 cm³/mol. The van der Waals surface area contributed by atoms with Crippen LogP contribution in [-0.4, -0.2) is 6.21 Å². The second-order valence-corrected chi connectivity index (χ2v) is 4.16. The molecule has 3 heteroatoms. The van der Waals surface area contributed by atoms with Crippen LogP contribution < -0.4 is 0 Å². The third-order valence-electron chi connectivity index (χ3n) is 2.06. The molecule has 0 aromatic heterocycles. The van der Waals surface area contributed by atoms with Gasteiger partial charge in [0.25, 0.3) is 0 Å². The van der Waals surface area contributed by atoms with Gasteiger partial charge in [0.2, 0.25) is 0 Å². The van der Waals surface area contributed by atoms with Crippen molar-refractivity contribution in [3.8, 4) is 0 Å². The predicted octanol–water partition coefficient (Wildman–Crippen LogP) is 4.74. The number of benzene rings is 2. The van der Waals surface area contributed by atoms with E-state index in [1.807, 2.05) is 48.5 Å². The Labute approximate surface area is 104 Å². The summed E-state index contributed by atoms with van der Waals surface area (Å²) >= 11 is 11.6. The maximum absolute atomic E-state index is 5.79. The fourth-order valence-corrected chi connectivity index (χ4v) is 1.48. The lowest BCUT2D eigenvalue weighted by atomic mass is 10.2. The average Bonchev–Trinajstić information content (AvgIpc) is 2.30. The molecule has 16 heavy (non-hydrogen) atoms. The number of rotatable bonds is 2. The molecule has 0 radical (unpaired) electrons. The van der Waals surface area contributed by atoms with Crippen molar-refractivity contribution in [3.05, 3.63) is 64.1 Å². The van der Waals surface area contributed by atoms with E-state index in [0.29, 0.717) is 5.02 Å². The van der Waals surface area contributed by atoms with E-state index in [9.17, 15) is 0 Å². The smallest absolute Gasteiger partial charge is 0.0630 e. The molecule has 1 nitrogen and oxygen atoms in total. The molecule has 0 aliphatic heterocycles. The molecule has 0 fully saturated rings. The van der Waals surface area contributed by atoms with Crippen LogP contribution in [0.3, 0.4) is 0 Å². The molecule has 0 spiro atoms. The van der Waals surface area contributed by atoms with E-state index in [2.05, 4.69) is 4.99 Å². The zero-order valence-corrected chi connectivity index (χ0v) is 9.91. The minimum Gasteiger partial charge on any atom is -0.256 e. The summed E-state index contributed by atoms with van der Waals surface area (Å²) in [6.45, 7) is 0. The molecule has 0 aliphatic carbocycles. The molecule has 0 N–H and O–H groups in total. The van der Waals surface area contributed by atoms with E-state index in [4.69, 9.17) is 23.2 Å². The summed E-state index contributed by atoms with van der Waals surface area (Å²) in [5, 5.41) is 1.44. The van der Waals surface area contributed by atoms with Crippen molar-refractivity contribution in [1.82, 2.24) is 0 Å². The van der Waals surface area contributed by atoms with Crippen LogP contribution in [0.4, 0.5) is 5.69 Å². The Morgan fingerprint density at radius 3 is 1.81 bits per heavy atom. The van der Waals surface area contributed by atoms with Gasteiger partial charge in [-0.05, 0) is 42.0 Å². The lowest BCUT2D eigenvalue weighted by Crippen LogP contribution is -1.78. The van der Waals surface area contributed by atoms with Gasteiger partial charge < -0.3 is 0 Å². The molecular formula is C13H9Cl2N. The van der Waals surface area contributed by atoms with Crippen LogP contribution in [0.25, 0.3) is 0 Å². The summed E-state index contributed by atoms with van der Waals surface area (Å²) in [6, 6.07) is 14.9. The van der Waals surface area contributed by atoms with Crippen molar-refractivity contribution in [3.63, 3.8) is 0 Å². The van der Waals surface area contributed by atoms with Crippen molar-refractivity contribution in [2.75, 3.05) is 0 Å². The van der Waals surface area contributed by atoms with Crippen molar-refractivity contribution in [1.29, 1.82) is 0 Å². The first-order valence-corrected chi connectivity index (χ1v) is 5.55. The minimum atomic E-state index is 0.713. The number of nitrogens with zero attached hydrogens (tertiary/aromatic N) is 1. The first-order chi connectivity index (χ1) is 7.74. The summed E-state index contributed by atoms with van der Waals surface area (Å²) in [7, 11) is 0. The first kappa shape index (κ1) is 11.2. The van der Waals surface area contributed by atoms with E-state index in [0.717, 1.165) is 16.3 Å². The highest BCUT2D eigenvalue weighted by Crippen LogP contribution is 2.16. The molecule has 2 aromatic rings. The molecule has 0 saturated heterocycles. The van der Waals surface area contributed by atoms with Crippen LogP contribution in [-0.2, 0) is 0 Å². The number of hydrogen-bond acceptors (Lipinski definition) is 1. The monoisotopic (exact) mass is 249 g/mol. The number of aliphatic imine (C=N–C) groups is 1. The highest BCUT2D eigenvalue weighted by molar-refractivity contribution is 6.30. The highest BCUT2D eigenvalue weighted by atomic mass is 35.5. The van der Waals surface area contributed by atoms with Gasteiger partial charge in [0.15, 0.2) is 0 Å². The standard InChI is InChI=1S/C13H9Cl2N/c14-11-3-1-10(2-4-11)9-16-13-7-5-12(15)6-8-13/h1-9H. The van der Waals surface area contributed by atoms with Crippen molar-refractivity contribution in [2.24, 2.45) is 4.99 Å². The Morgan fingerprint density at radius 1 is 0.750 bits per heavy atom. The summed E-state index contributed by atoms with van der Waals surface area (Å²) in [4.78, 5) is 4.32. The van der Waals surface area contributed by atoms with Gasteiger partial charge in [-0.15, -0.1) is 0 Å². The van der Waals surface area contributed by atoms with Gasteiger partial charge in [0.1, 0.15) is 0 Å². The van der Waals surface area contributed by atoms with E-state index in [1.54, 1.807) is 6.21 Å². The third-order valence-corrected chi connectivity index (χ3v) is 2.56. The maximum atomic E-state index is 5.79. The summed E-state index contributed by atoms with van der Waals surface area (Å²) in [5.41, 5.74) is 1.89. The summed E-state index contributed by atoms with van der Waals surface area (Å²) < 4.78 is 0. The van der Waals surface area contributed by atoms with E-state index in [-0.39, 0.29) is 0 Å². The molecular weight excluding hydrogens is 241 g/mol. The Morgan fingerprint density at radius 2 is 1.25 bits per heavy atom. The second-order valence-electron chi connectivity index (χ2n) is 3.29. The molecule has 0 amide bonds. The van der Waals surface area contributed by atoms with Crippen LogP contribution in [0.5, 0.6) is 0 Å². The van der Waals surface area contributed by atoms with Gasteiger partial charge in [-0.1, -0.05) is 35.3 Å². The molecule has 2 rings (SSSR count). The maximum Gasteiger partial charge on any atom is 0.0630 e. The van der Waals surface area contributed by atoms with Gasteiger partial charge in [0.05, 0.1) is 5.69 Å². The van der Waals surface area contributed by atoms with E-state index < -0.39 is 0 Å². The van der Waals surface area contributed by atoms with E-state index in [1.165, 1.54) is 0 Å². The van der Waals surface area contributed by atoms with Crippen LogP contribution in [0.1, 0.15) is 5.56 Å². The normalized spacial score (nSPS) is 10.9. The molecule has 0 aliphatic rings. The lowest BCUT2D eigenvalue weighted by Gasteiger charge is -1.95. The molecule has 2 aromatic carbocycles. The zero-order valence-electron chi connectivity index (χ0n) is 8.40. The topological polar surface area (TPSA) is 12.4 Å². The van der Waals surface area contributed by atoms with Crippen LogP contribution in [0.15, 0.2) is 53.5 Å². The average molecular weight is 250 g/mol. The Bertz CT molecular complexity index is 439. The Kier molecular flexibility index (Phi) is 3.60. The minimum absolute atomic E-state index is 0.713. The summed E-state index contributed by atoms with van der Waals surface area (Å²) in [6.07, 6.45) is 1.79. The zero-order chi connectivity index (χ0) is 11.4. The van der Waals surface area contributed by atoms with Crippen LogP contribution in [0, 0.1) is 0 Å². The third kappa shape index (κ3) is 3.09. The van der Waals surface area contributed by atoms with Gasteiger partial charge in [-0.3, -0.25) is 4.99 Å². The van der Waals surface area contributed by atoms with E-state index >= 15 is 0 Å². The van der Waals surface area contributed by atoms with Gasteiger partial charge in [-0.25, -0.2) is 0 Å². The SMILES string of the molecule is Clc1ccc(C=Nc2ccc(Cl)cc2)cc1. The van der Waals surface area contributed by atoms with Gasteiger partial charge in [0, 0.05) is 16.3 Å². The van der Waals surface area contributed by atoms with Crippen molar-refractivity contribution < 1.29 is 0 Å². The second kappa shape index (κ2) is 5.15. The quantitative estimate of drug-likeness (QED) is 0.682. The van der Waals surface area contributed by atoms with Crippen LogP contribution in [0.2, 0.25) is 10.0 Å². The molecule has 0 bridgehead atoms. The Hall–Kier alpha value is -1.31. The molecule has 0 atom stereocenters. The van der Waals surface area contributed by atoms with Gasteiger partial charge in [-0.2, -0.15) is 0 Å². The fourth-order valence-electron chi connectivity index (χ4n) is 1.23. The van der Waals surface area contributed by atoms with Gasteiger partial charge >= 0.3 is 0 Å².